The van der Waals surface area contributed by atoms with Crippen LogP contribution in [-0.4, -0.2) is 15.8 Å². The zero-order valence-corrected chi connectivity index (χ0v) is 9.62. The van der Waals surface area contributed by atoms with Crippen LogP contribution in [0.15, 0.2) is 6.07 Å². The Labute approximate surface area is 86.3 Å². The van der Waals surface area contributed by atoms with Gasteiger partial charge in [-0.05, 0) is 38.7 Å². The Bertz CT molecular complexity index is 289. The lowest BCUT2D eigenvalue weighted by Gasteiger charge is -2.13. The van der Waals surface area contributed by atoms with E-state index in [0.717, 1.165) is 18.5 Å². The number of aryl methyl sites for hydroxylation is 2. The second-order valence-electron chi connectivity index (χ2n) is 4.42. The molecule has 1 aromatic rings. The van der Waals surface area contributed by atoms with Crippen LogP contribution in [0.5, 0.6) is 0 Å². The third-order valence-electron chi connectivity index (χ3n) is 2.43. The van der Waals surface area contributed by atoms with Crippen molar-refractivity contribution in [1.82, 2.24) is 9.78 Å². The Morgan fingerprint density at radius 3 is 2.57 bits per heavy atom. The first kappa shape index (κ1) is 11.2. The molecule has 0 aliphatic heterocycles. The van der Waals surface area contributed by atoms with Crippen LogP contribution >= 0.6 is 0 Å². The number of nitrogens with zero attached hydrogens (tertiary/aromatic N) is 2. The van der Waals surface area contributed by atoms with Gasteiger partial charge in [0.25, 0.3) is 0 Å². The lowest BCUT2D eigenvalue weighted by Crippen LogP contribution is -2.19. The minimum absolute atomic E-state index is 0.291. The molecule has 2 N–H and O–H groups in total. The first-order valence-corrected chi connectivity index (χ1v) is 5.24. The fourth-order valence-electron chi connectivity index (χ4n) is 1.93. The highest BCUT2D eigenvalue weighted by Gasteiger charge is 2.09. The molecule has 0 aliphatic carbocycles. The molecule has 0 fully saturated rings. The summed E-state index contributed by atoms with van der Waals surface area (Å²) >= 11 is 0. The van der Waals surface area contributed by atoms with Gasteiger partial charge in [0.15, 0.2) is 0 Å². The van der Waals surface area contributed by atoms with Crippen LogP contribution in [-0.2, 0) is 13.5 Å². The van der Waals surface area contributed by atoms with E-state index in [1.807, 2.05) is 18.7 Å². The Kier molecular flexibility index (Phi) is 3.69. The van der Waals surface area contributed by atoms with Gasteiger partial charge in [-0.3, -0.25) is 4.68 Å². The van der Waals surface area contributed by atoms with Gasteiger partial charge in [-0.15, -0.1) is 0 Å². The van der Waals surface area contributed by atoms with Crippen LogP contribution in [0.2, 0.25) is 0 Å². The van der Waals surface area contributed by atoms with Gasteiger partial charge in [-0.25, -0.2) is 0 Å². The first-order valence-electron chi connectivity index (χ1n) is 5.24. The Balaban J connectivity index is 2.55. The van der Waals surface area contributed by atoms with E-state index < -0.39 is 0 Å². The van der Waals surface area contributed by atoms with Gasteiger partial charge in [0.1, 0.15) is 0 Å². The molecule has 0 radical (unpaired) electrons. The van der Waals surface area contributed by atoms with Crippen LogP contribution in [0.1, 0.15) is 31.7 Å². The van der Waals surface area contributed by atoms with Gasteiger partial charge in [-0.1, -0.05) is 6.92 Å². The number of rotatable bonds is 4. The average molecular weight is 195 g/mol. The molecule has 1 rings (SSSR count). The molecule has 3 nitrogen and oxygen atoms in total. The molecule has 0 aliphatic rings. The molecule has 1 heterocycles. The van der Waals surface area contributed by atoms with E-state index in [-0.39, 0.29) is 0 Å². The molecule has 0 aromatic carbocycles. The van der Waals surface area contributed by atoms with Crippen molar-refractivity contribution in [2.75, 3.05) is 0 Å². The number of aromatic nitrogens is 2. The van der Waals surface area contributed by atoms with Gasteiger partial charge in [0.2, 0.25) is 0 Å². The van der Waals surface area contributed by atoms with E-state index in [4.69, 9.17) is 5.73 Å². The zero-order chi connectivity index (χ0) is 10.7. The van der Waals surface area contributed by atoms with Crippen molar-refractivity contribution in [2.24, 2.45) is 18.7 Å². The van der Waals surface area contributed by atoms with E-state index in [1.54, 1.807) is 0 Å². The molecule has 0 amide bonds. The lowest BCUT2D eigenvalue weighted by molar-refractivity contribution is 0.466. The summed E-state index contributed by atoms with van der Waals surface area (Å²) in [4.78, 5) is 0. The van der Waals surface area contributed by atoms with Crippen molar-refractivity contribution in [3.05, 3.63) is 17.5 Å². The molecule has 0 saturated heterocycles. The van der Waals surface area contributed by atoms with Crippen LogP contribution in [0.25, 0.3) is 0 Å². The maximum atomic E-state index is 5.77. The highest BCUT2D eigenvalue weighted by Crippen LogP contribution is 2.13. The van der Waals surface area contributed by atoms with Crippen molar-refractivity contribution in [3.63, 3.8) is 0 Å². The summed E-state index contributed by atoms with van der Waals surface area (Å²) < 4.78 is 1.97. The van der Waals surface area contributed by atoms with Crippen LogP contribution in [0.3, 0.4) is 0 Å². The summed E-state index contributed by atoms with van der Waals surface area (Å²) in [5.41, 5.74) is 8.16. The molecule has 2 atom stereocenters. The van der Waals surface area contributed by atoms with Crippen molar-refractivity contribution < 1.29 is 0 Å². The minimum Gasteiger partial charge on any atom is -0.328 e. The quantitative estimate of drug-likeness (QED) is 0.793. The maximum Gasteiger partial charge on any atom is 0.0596 e. The first-order chi connectivity index (χ1) is 6.49. The van der Waals surface area contributed by atoms with Crippen LogP contribution in [0.4, 0.5) is 0 Å². The highest BCUT2D eigenvalue weighted by molar-refractivity contribution is 5.09. The van der Waals surface area contributed by atoms with Gasteiger partial charge in [-0.2, -0.15) is 5.10 Å². The van der Waals surface area contributed by atoms with Gasteiger partial charge in [0.05, 0.1) is 5.69 Å². The third kappa shape index (κ3) is 3.14. The van der Waals surface area contributed by atoms with Crippen molar-refractivity contribution in [2.45, 2.75) is 39.7 Å². The predicted molar refractivity (Wildman–Crippen MR) is 59.1 cm³/mol. The van der Waals surface area contributed by atoms with Gasteiger partial charge < -0.3 is 5.73 Å². The Morgan fingerprint density at radius 2 is 2.14 bits per heavy atom. The summed E-state index contributed by atoms with van der Waals surface area (Å²) in [6, 6.07) is 2.44. The highest BCUT2D eigenvalue weighted by atomic mass is 15.3. The summed E-state index contributed by atoms with van der Waals surface area (Å²) in [7, 11) is 2.00. The molecule has 0 spiro atoms. The molecule has 1 aromatic heterocycles. The van der Waals surface area contributed by atoms with E-state index in [1.165, 1.54) is 5.69 Å². The third-order valence-corrected chi connectivity index (χ3v) is 2.43. The molecular weight excluding hydrogens is 174 g/mol. The van der Waals surface area contributed by atoms with Crippen molar-refractivity contribution in [1.29, 1.82) is 0 Å². The average Bonchev–Trinajstić information content (AvgIpc) is 2.28. The van der Waals surface area contributed by atoms with Crippen molar-refractivity contribution >= 4 is 0 Å². The zero-order valence-electron chi connectivity index (χ0n) is 9.62. The minimum atomic E-state index is 0.291. The molecule has 3 heteroatoms. The largest absolute Gasteiger partial charge is 0.328 e. The molecule has 0 bridgehead atoms. The fraction of sp³-hybridized carbons (Fsp3) is 0.727. The summed E-state index contributed by atoms with van der Waals surface area (Å²) in [5.74, 6) is 0.629. The number of hydrogen-bond donors (Lipinski definition) is 1. The Hall–Kier alpha value is -0.830. The topological polar surface area (TPSA) is 43.8 Å². The summed E-state index contributed by atoms with van der Waals surface area (Å²) in [5, 5.41) is 4.33. The number of hydrogen-bond acceptors (Lipinski definition) is 2. The van der Waals surface area contributed by atoms with Gasteiger partial charge in [0, 0.05) is 18.8 Å². The van der Waals surface area contributed by atoms with Crippen LogP contribution in [0, 0.1) is 12.8 Å². The Morgan fingerprint density at radius 1 is 1.50 bits per heavy atom. The molecule has 80 valence electrons. The molecule has 0 saturated carbocycles. The summed E-state index contributed by atoms with van der Waals surface area (Å²) in [6.45, 7) is 6.33. The molecular formula is C11H21N3. The maximum absolute atomic E-state index is 5.77. The smallest absolute Gasteiger partial charge is 0.0596 e. The van der Waals surface area contributed by atoms with Crippen LogP contribution < -0.4 is 5.73 Å². The van der Waals surface area contributed by atoms with E-state index in [2.05, 4.69) is 25.0 Å². The number of nitrogens with two attached hydrogens (primary N) is 1. The second-order valence-corrected chi connectivity index (χ2v) is 4.42. The second kappa shape index (κ2) is 4.60. The molecule has 2 unspecified atom stereocenters. The summed E-state index contributed by atoms with van der Waals surface area (Å²) in [6.07, 6.45) is 2.14. The van der Waals surface area contributed by atoms with Gasteiger partial charge >= 0.3 is 0 Å². The predicted octanol–water partition coefficient (Wildman–Crippen LogP) is 1.64. The van der Waals surface area contributed by atoms with E-state index >= 15 is 0 Å². The normalized spacial score (nSPS) is 15.5. The van der Waals surface area contributed by atoms with E-state index in [0.29, 0.717) is 12.0 Å². The monoisotopic (exact) mass is 195 g/mol. The van der Waals surface area contributed by atoms with E-state index in [9.17, 15) is 0 Å². The lowest BCUT2D eigenvalue weighted by atomic mass is 9.98. The van der Waals surface area contributed by atoms with Crippen molar-refractivity contribution in [3.8, 4) is 0 Å². The SMILES string of the molecule is Cc1cc(CC(C)CC(C)N)n(C)n1. The standard InChI is InChI=1S/C11H21N3/c1-8(5-9(2)12)6-11-7-10(3)13-14(11)4/h7-9H,5-6,12H2,1-4H3. The molecule has 14 heavy (non-hydrogen) atoms. The fourth-order valence-corrected chi connectivity index (χ4v) is 1.93.